The van der Waals surface area contributed by atoms with Crippen molar-refractivity contribution in [2.75, 3.05) is 40.9 Å². The first kappa shape index (κ1) is 51.5. The first-order valence-electron chi connectivity index (χ1n) is 21.5. The molecule has 1 amide bonds. The van der Waals surface area contributed by atoms with Gasteiger partial charge in [0, 0.05) is 6.42 Å². The third-order valence-electron chi connectivity index (χ3n) is 9.34. The minimum atomic E-state index is -4.58. The molecule has 0 aliphatic rings. The molecule has 53 heavy (non-hydrogen) atoms. The van der Waals surface area contributed by atoms with Gasteiger partial charge in [0.05, 0.1) is 39.9 Å². The van der Waals surface area contributed by atoms with E-state index in [1.54, 1.807) is 0 Å². The van der Waals surface area contributed by atoms with Gasteiger partial charge in [-0.25, -0.2) is 0 Å². The highest BCUT2D eigenvalue weighted by atomic mass is 31.2. The Morgan fingerprint density at radius 3 is 1.57 bits per heavy atom. The molecule has 8 nitrogen and oxygen atoms in total. The zero-order valence-electron chi connectivity index (χ0n) is 35.0. The van der Waals surface area contributed by atoms with E-state index in [4.69, 9.17) is 9.05 Å². The topological polar surface area (TPSA) is 108 Å². The summed E-state index contributed by atoms with van der Waals surface area (Å²) in [6.07, 6.45) is 44.2. The highest BCUT2D eigenvalue weighted by Gasteiger charge is 2.24. The highest BCUT2D eigenvalue weighted by molar-refractivity contribution is 7.45. The number of unbranched alkanes of at least 4 members (excludes halogenated alkanes) is 17. The predicted molar refractivity (Wildman–Crippen MR) is 224 cm³/mol. The molecule has 0 aromatic carbocycles. The van der Waals surface area contributed by atoms with E-state index >= 15 is 0 Å². The third-order valence-corrected chi connectivity index (χ3v) is 10.3. The lowest BCUT2D eigenvalue weighted by Gasteiger charge is -2.30. The number of rotatable bonds is 38. The van der Waals surface area contributed by atoms with Gasteiger partial charge in [0.1, 0.15) is 13.2 Å². The fourth-order valence-corrected chi connectivity index (χ4v) is 6.65. The van der Waals surface area contributed by atoms with Crippen molar-refractivity contribution in [2.45, 2.75) is 187 Å². The van der Waals surface area contributed by atoms with Crippen molar-refractivity contribution in [3.05, 3.63) is 48.6 Å². The summed E-state index contributed by atoms with van der Waals surface area (Å²) in [6, 6.07) is -0.838. The Morgan fingerprint density at radius 1 is 0.679 bits per heavy atom. The molecule has 0 aromatic heterocycles. The third kappa shape index (κ3) is 38.5. The zero-order valence-corrected chi connectivity index (χ0v) is 35.8. The molecular formula is C44H83N2O6P. The molecule has 9 heteroatoms. The number of phosphoric ester groups is 1. The number of carbonyl (C=O) groups excluding carboxylic acids is 1. The summed E-state index contributed by atoms with van der Waals surface area (Å²) in [5.74, 6) is -0.246. The minimum absolute atomic E-state index is 0.00195. The van der Waals surface area contributed by atoms with Crippen molar-refractivity contribution < 1.29 is 32.9 Å². The molecule has 0 heterocycles. The van der Waals surface area contributed by atoms with Gasteiger partial charge in [0.15, 0.2) is 0 Å². The van der Waals surface area contributed by atoms with Crippen LogP contribution in [-0.2, 0) is 18.4 Å². The number of aliphatic hydroxyl groups is 1. The van der Waals surface area contributed by atoms with Gasteiger partial charge in [-0.15, -0.1) is 0 Å². The Bertz CT molecular complexity index is 1010. The predicted octanol–water partition coefficient (Wildman–Crippen LogP) is 11.1. The monoisotopic (exact) mass is 767 g/mol. The Labute approximate surface area is 327 Å². The van der Waals surface area contributed by atoms with Crippen molar-refractivity contribution in [3.8, 4) is 0 Å². The summed E-state index contributed by atoms with van der Waals surface area (Å²) in [5, 5.41) is 13.8. The van der Waals surface area contributed by atoms with E-state index in [0.29, 0.717) is 23.9 Å². The summed E-state index contributed by atoms with van der Waals surface area (Å²) in [5.41, 5.74) is 0. The molecule has 0 radical (unpaired) electrons. The first-order valence-corrected chi connectivity index (χ1v) is 22.9. The molecule has 3 atom stereocenters. The van der Waals surface area contributed by atoms with E-state index < -0.39 is 20.0 Å². The maximum Gasteiger partial charge on any atom is 0.268 e. The van der Waals surface area contributed by atoms with Gasteiger partial charge in [-0.05, 0) is 38.5 Å². The summed E-state index contributed by atoms with van der Waals surface area (Å²) in [4.78, 5) is 25.2. The summed E-state index contributed by atoms with van der Waals surface area (Å²) >= 11 is 0. The van der Waals surface area contributed by atoms with Crippen LogP contribution < -0.4 is 10.2 Å². The molecule has 0 bridgehead atoms. The quantitative estimate of drug-likeness (QED) is 0.0280. The number of quaternary nitrogens is 1. The fraction of sp³-hybridized carbons (Fsp3) is 0.795. The lowest BCUT2D eigenvalue weighted by atomic mass is 10.0. The summed E-state index contributed by atoms with van der Waals surface area (Å²) in [6.45, 7) is 4.54. The molecule has 0 saturated carbocycles. The zero-order chi connectivity index (χ0) is 39.3. The molecular weight excluding hydrogens is 683 g/mol. The van der Waals surface area contributed by atoms with Crippen molar-refractivity contribution in [1.82, 2.24) is 5.32 Å². The normalized spacial score (nSPS) is 14.9. The van der Waals surface area contributed by atoms with Crippen LogP contribution in [-0.4, -0.2) is 68.5 Å². The number of nitrogens with zero attached hydrogens (tertiary/aromatic N) is 1. The summed E-state index contributed by atoms with van der Waals surface area (Å²) in [7, 11) is 1.26. The van der Waals surface area contributed by atoms with Crippen LogP contribution in [0.1, 0.15) is 174 Å². The van der Waals surface area contributed by atoms with Gasteiger partial charge in [-0.1, -0.05) is 178 Å². The number of aliphatic hydroxyl groups excluding tert-OH is 1. The van der Waals surface area contributed by atoms with Crippen LogP contribution >= 0.6 is 7.82 Å². The number of phosphoric acid groups is 1. The Hall–Kier alpha value is -1.54. The minimum Gasteiger partial charge on any atom is -0.756 e. The van der Waals surface area contributed by atoms with Gasteiger partial charge in [-0.3, -0.25) is 9.36 Å². The molecule has 0 rings (SSSR count). The van der Waals surface area contributed by atoms with Gasteiger partial charge >= 0.3 is 0 Å². The van der Waals surface area contributed by atoms with Crippen LogP contribution in [0.3, 0.4) is 0 Å². The largest absolute Gasteiger partial charge is 0.756 e. The molecule has 0 aromatic rings. The maximum absolute atomic E-state index is 12.8. The van der Waals surface area contributed by atoms with Crippen LogP contribution in [0.25, 0.3) is 0 Å². The van der Waals surface area contributed by atoms with Crippen molar-refractivity contribution in [1.29, 1.82) is 0 Å². The standard InChI is InChI=1S/C44H83N2O6P/c1-6-8-10-12-14-16-18-20-21-22-23-24-26-27-29-31-33-35-37-43(47)42(41-52-53(49,50)51-40-39-46(3,4)5)45-44(48)38-36-34-32-30-28-25-19-17-15-13-11-9-7-2/h9,11,15,17,25,28,32,34,42-43,47H,6-8,10,12-14,16,18-24,26-27,29-31,33,35-41H2,1-5H3,(H-,45,48,49,50)/b11-9-,17-15-,28-25-,34-32-. The number of likely N-dealkylation sites (N-methyl/N-ethyl adjacent to an activating group) is 1. The average molecular weight is 767 g/mol. The fourth-order valence-electron chi connectivity index (χ4n) is 5.93. The molecule has 3 unspecified atom stereocenters. The lowest BCUT2D eigenvalue weighted by Crippen LogP contribution is -2.46. The second kappa shape index (κ2) is 36.1. The van der Waals surface area contributed by atoms with Crippen LogP contribution in [0.5, 0.6) is 0 Å². The molecule has 0 aliphatic carbocycles. The number of hydrogen-bond acceptors (Lipinski definition) is 6. The van der Waals surface area contributed by atoms with Crippen LogP contribution in [0.15, 0.2) is 48.6 Å². The van der Waals surface area contributed by atoms with Crippen LogP contribution in [0, 0.1) is 0 Å². The number of hydrogen-bond donors (Lipinski definition) is 2. The van der Waals surface area contributed by atoms with Crippen LogP contribution in [0.4, 0.5) is 0 Å². The molecule has 2 N–H and O–H groups in total. The first-order chi connectivity index (χ1) is 25.5. The van der Waals surface area contributed by atoms with Crippen molar-refractivity contribution in [3.63, 3.8) is 0 Å². The van der Waals surface area contributed by atoms with Crippen LogP contribution in [0.2, 0.25) is 0 Å². The van der Waals surface area contributed by atoms with E-state index in [-0.39, 0.29) is 25.5 Å². The van der Waals surface area contributed by atoms with E-state index in [1.807, 2.05) is 33.3 Å². The number of carbonyl (C=O) groups is 1. The highest BCUT2D eigenvalue weighted by Crippen LogP contribution is 2.38. The number of allylic oxidation sites excluding steroid dienone is 8. The molecule has 0 fully saturated rings. The Balaban J connectivity index is 4.45. The van der Waals surface area contributed by atoms with Crippen molar-refractivity contribution >= 4 is 13.7 Å². The van der Waals surface area contributed by atoms with Gasteiger partial charge < -0.3 is 28.8 Å². The molecule has 0 spiro atoms. The lowest BCUT2D eigenvalue weighted by molar-refractivity contribution is -0.870. The van der Waals surface area contributed by atoms with Crippen molar-refractivity contribution in [2.24, 2.45) is 0 Å². The molecule has 0 aliphatic heterocycles. The van der Waals surface area contributed by atoms with Gasteiger partial charge in [-0.2, -0.15) is 0 Å². The average Bonchev–Trinajstić information content (AvgIpc) is 3.10. The van der Waals surface area contributed by atoms with Gasteiger partial charge in [0.25, 0.3) is 7.82 Å². The number of nitrogens with one attached hydrogen (secondary N) is 1. The second-order valence-corrected chi connectivity index (χ2v) is 17.1. The van der Waals surface area contributed by atoms with E-state index in [9.17, 15) is 19.4 Å². The van der Waals surface area contributed by atoms with E-state index in [0.717, 1.165) is 44.9 Å². The molecule has 310 valence electrons. The summed E-state index contributed by atoms with van der Waals surface area (Å²) < 4.78 is 23.2. The number of amides is 1. The Kier molecular flexibility index (Phi) is 35.1. The van der Waals surface area contributed by atoms with E-state index in [1.165, 1.54) is 96.3 Å². The van der Waals surface area contributed by atoms with Gasteiger partial charge in [0.2, 0.25) is 5.91 Å². The Morgan fingerprint density at radius 2 is 1.11 bits per heavy atom. The maximum atomic E-state index is 12.8. The SMILES string of the molecule is CC/C=C\C/C=C\C/C=C\C/C=C\CCC(=O)NC(COP(=O)([O-])OCC[N+](C)(C)C)C(O)CCCCCCCCCCCCCCCCCCCC. The smallest absolute Gasteiger partial charge is 0.268 e. The second-order valence-electron chi connectivity index (χ2n) is 15.7. The van der Waals surface area contributed by atoms with E-state index in [2.05, 4.69) is 55.6 Å². The molecule has 0 saturated heterocycles.